The molecule has 0 saturated heterocycles. The normalized spacial score (nSPS) is 10.8. The van der Waals surface area contributed by atoms with E-state index in [9.17, 15) is 4.79 Å². The molecule has 0 aromatic heterocycles. The third kappa shape index (κ3) is 6.43. The van der Waals surface area contributed by atoms with E-state index in [1.54, 1.807) is 6.07 Å². The monoisotopic (exact) mass is 355 g/mol. The molecule has 4 heteroatoms. The molecule has 0 heterocycles. The molecular formula is C22H29NO3. The lowest BCUT2D eigenvalue weighted by Gasteiger charge is -2.13. The van der Waals surface area contributed by atoms with Crippen LogP contribution in [0.2, 0.25) is 0 Å². The Kier molecular flexibility index (Phi) is 7.52. The van der Waals surface area contributed by atoms with Gasteiger partial charge in [0.1, 0.15) is 11.5 Å². The van der Waals surface area contributed by atoms with E-state index in [1.807, 2.05) is 56.3 Å². The number of amides is 1. The molecule has 0 aliphatic heterocycles. The van der Waals surface area contributed by atoms with Gasteiger partial charge in [-0.3, -0.25) is 4.79 Å². The molecule has 0 aliphatic rings. The topological polar surface area (TPSA) is 47.6 Å². The standard InChI is InChI=1S/C22H29NO3/c1-16(2)13-14-25-21-8-6-5-7-20(21)22(24)23-15-18-9-11-19(12-10-18)26-17(3)4/h5-12,16-17H,13-15H2,1-4H3,(H,23,24). The average molecular weight is 355 g/mol. The number of rotatable bonds is 9. The molecule has 0 unspecified atom stereocenters. The number of nitrogens with one attached hydrogen (secondary N) is 1. The second-order valence-corrected chi connectivity index (χ2v) is 7.02. The first kappa shape index (κ1) is 19.8. The Balaban J connectivity index is 1.93. The Morgan fingerprint density at radius 3 is 2.35 bits per heavy atom. The van der Waals surface area contributed by atoms with Gasteiger partial charge in [0.15, 0.2) is 0 Å². The Morgan fingerprint density at radius 1 is 1.00 bits per heavy atom. The van der Waals surface area contributed by atoms with E-state index in [1.165, 1.54) is 0 Å². The van der Waals surface area contributed by atoms with E-state index >= 15 is 0 Å². The summed E-state index contributed by atoms with van der Waals surface area (Å²) in [5, 5.41) is 2.96. The molecule has 0 saturated carbocycles. The summed E-state index contributed by atoms with van der Waals surface area (Å²) in [4.78, 5) is 12.5. The van der Waals surface area contributed by atoms with Crippen LogP contribution in [0.3, 0.4) is 0 Å². The van der Waals surface area contributed by atoms with Crippen molar-refractivity contribution in [2.24, 2.45) is 5.92 Å². The summed E-state index contributed by atoms with van der Waals surface area (Å²) >= 11 is 0. The highest BCUT2D eigenvalue weighted by Gasteiger charge is 2.12. The predicted molar refractivity (Wildman–Crippen MR) is 105 cm³/mol. The molecule has 2 aromatic rings. The van der Waals surface area contributed by atoms with Gasteiger partial charge in [-0.1, -0.05) is 38.1 Å². The maximum atomic E-state index is 12.5. The van der Waals surface area contributed by atoms with E-state index < -0.39 is 0 Å². The lowest BCUT2D eigenvalue weighted by atomic mass is 10.1. The van der Waals surface area contributed by atoms with Gasteiger partial charge in [0.2, 0.25) is 0 Å². The molecule has 26 heavy (non-hydrogen) atoms. The van der Waals surface area contributed by atoms with Crippen LogP contribution in [0.1, 0.15) is 50.0 Å². The predicted octanol–water partition coefficient (Wildman–Crippen LogP) is 4.83. The number of benzene rings is 2. The summed E-state index contributed by atoms with van der Waals surface area (Å²) in [5.74, 6) is 1.90. The Labute approximate surface area is 156 Å². The van der Waals surface area contributed by atoms with Crippen molar-refractivity contribution in [3.8, 4) is 11.5 Å². The van der Waals surface area contributed by atoms with E-state index in [4.69, 9.17) is 9.47 Å². The van der Waals surface area contributed by atoms with E-state index in [-0.39, 0.29) is 12.0 Å². The summed E-state index contributed by atoms with van der Waals surface area (Å²) in [7, 11) is 0. The molecule has 2 rings (SSSR count). The molecule has 4 nitrogen and oxygen atoms in total. The van der Waals surface area contributed by atoms with Gasteiger partial charge in [0.25, 0.3) is 5.91 Å². The van der Waals surface area contributed by atoms with Crippen LogP contribution in [-0.4, -0.2) is 18.6 Å². The van der Waals surface area contributed by atoms with E-state index in [0.717, 1.165) is 17.7 Å². The van der Waals surface area contributed by atoms with Crippen LogP contribution in [-0.2, 0) is 6.54 Å². The zero-order valence-corrected chi connectivity index (χ0v) is 16.1. The number of hydrogen-bond donors (Lipinski definition) is 1. The van der Waals surface area contributed by atoms with Gasteiger partial charge >= 0.3 is 0 Å². The summed E-state index contributed by atoms with van der Waals surface area (Å²) in [6, 6.07) is 15.1. The van der Waals surface area contributed by atoms with Crippen molar-refractivity contribution in [3.05, 3.63) is 59.7 Å². The van der Waals surface area contributed by atoms with Crippen LogP contribution in [0.4, 0.5) is 0 Å². The van der Waals surface area contributed by atoms with E-state index in [0.29, 0.717) is 30.4 Å². The fourth-order valence-corrected chi connectivity index (χ4v) is 2.42. The highest BCUT2D eigenvalue weighted by atomic mass is 16.5. The highest BCUT2D eigenvalue weighted by molar-refractivity contribution is 5.96. The van der Waals surface area contributed by atoms with Crippen molar-refractivity contribution in [1.29, 1.82) is 0 Å². The van der Waals surface area contributed by atoms with Gasteiger partial charge in [0.05, 0.1) is 18.3 Å². The molecule has 140 valence electrons. The number of carbonyl (C=O) groups excluding carboxylic acids is 1. The second-order valence-electron chi connectivity index (χ2n) is 7.02. The van der Waals surface area contributed by atoms with Crippen LogP contribution in [0.15, 0.2) is 48.5 Å². The Hall–Kier alpha value is -2.49. The van der Waals surface area contributed by atoms with Crippen LogP contribution >= 0.6 is 0 Å². The fourth-order valence-electron chi connectivity index (χ4n) is 2.42. The first-order valence-corrected chi connectivity index (χ1v) is 9.21. The van der Waals surface area contributed by atoms with Crippen molar-refractivity contribution >= 4 is 5.91 Å². The van der Waals surface area contributed by atoms with Crippen molar-refractivity contribution in [3.63, 3.8) is 0 Å². The first-order chi connectivity index (χ1) is 12.5. The molecule has 0 bridgehead atoms. The summed E-state index contributed by atoms with van der Waals surface area (Å²) in [5.41, 5.74) is 1.59. The summed E-state index contributed by atoms with van der Waals surface area (Å²) in [6.45, 7) is 9.36. The third-order valence-corrected chi connectivity index (χ3v) is 3.83. The smallest absolute Gasteiger partial charge is 0.255 e. The summed E-state index contributed by atoms with van der Waals surface area (Å²) < 4.78 is 11.4. The largest absolute Gasteiger partial charge is 0.493 e. The van der Waals surface area contributed by atoms with Gasteiger partial charge in [0, 0.05) is 6.54 Å². The summed E-state index contributed by atoms with van der Waals surface area (Å²) in [6.07, 6.45) is 1.11. The maximum absolute atomic E-state index is 12.5. The van der Waals surface area contributed by atoms with Crippen LogP contribution in [0.25, 0.3) is 0 Å². The quantitative estimate of drug-likeness (QED) is 0.701. The minimum absolute atomic E-state index is 0.132. The van der Waals surface area contributed by atoms with Gasteiger partial charge in [-0.2, -0.15) is 0 Å². The Morgan fingerprint density at radius 2 is 1.69 bits per heavy atom. The average Bonchev–Trinajstić information content (AvgIpc) is 2.60. The van der Waals surface area contributed by atoms with Crippen LogP contribution in [0, 0.1) is 5.92 Å². The van der Waals surface area contributed by atoms with Crippen molar-refractivity contribution in [2.45, 2.75) is 46.8 Å². The SMILES string of the molecule is CC(C)CCOc1ccccc1C(=O)NCc1ccc(OC(C)C)cc1. The molecular weight excluding hydrogens is 326 g/mol. The number of hydrogen-bond acceptors (Lipinski definition) is 3. The van der Waals surface area contributed by atoms with E-state index in [2.05, 4.69) is 19.2 Å². The first-order valence-electron chi connectivity index (χ1n) is 9.21. The van der Waals surface area contributed by atoms with Gasteiger partial charge in [-0.15, -0.1) is 0 Å². The molecule has 0 aliphatic carbocycles. The number of carbonyl (C=O) groups is 1. The second kappa shape index (κ2) is 9.85. The van der Waals surface area contributed by atoms with Gasteiger partial charge in [-0.25, -0.2) is 0 Å². The van der Waals surface area contributed by atoms with Crippen molar-refractivity contribution < 1.29 is 14.3 Å². The van der Waals surface area contributed by atoms with Crippen molar-refractivity contribution in [1.82, 2.24) is 5.32 Å². The minimum Gasteiger partial charge on any atom is -0.493 e. The molecule has 0 radical (unpaired) electrons. The third-order valence-electron chi connectivity index (χ3n) is 3.83. The number of ether oxygens (including phenoxy) is 2. The Bertz CT molecular complexity index is 693. The van der Waals surface area contributed by atoms with Crippen LogP contribution in [0.5, 0.6) is 11.5 Å². The zero-order chi connectivity index (χ0) is 18.9. The van der Waals surface area contributed by atoms with Gasteiger partial charge < -0.3 is 14.8 Å². The maximum Gasteiger partial charge on any atom is 0.255 e. The molecule has 0 atom stereocenters. The number of para-hydroxylation sites is 1. The molecule has 0 fully saturated rings. The van der Waals surface area contributed by atoms with Crippen LogP contribution < -0.4 is 14.8 Å². The molecule has 2 aromatic carbocycles. The zero-order valence-electron chi connectivity index (χ0n) is 16.1. The molecule has 1 N–H and O–H groups in total. The fraction of sp³-hybridized carbons (Fsp3) is 0.409. The molecule has 1 amide bonds. The van der Waals surface area contributed by atoms with Crippen molar-refractivity contribution in [2.75, 3.05) is 6.61 Å². The van der Waals surface area contributed by atoms with Gasteiger partial charge in [-0.05, 0) is 56.0 Å². The lowest BCUT2D eigenvalue weighted by Crippen LogP contribution is -2.23. The minimum atomic E-state index is -0.132. The highest BCUT2D eigenvalue weighted by Crippen LogP contribution is 2.19. The lowest BCUT2D eigenvalue weighted by molar-refractivity contribution is 0.0946. The molecule has 0 spiro atoms.